The Morgan fingerprint density at radius 3 is 2.00 bits per heavy atom. The minimum Gasteiger partial charge on any atom is -0.468 e. The third-order valence-corrected chi connectivity index (χ3v) is 4.60. The number of carbonyl (C=O) groups excluding carboxylic acids is 3. The summed E-state index contributed by atoms with van der Waals surface area (Å²) in [6, 6.07) is 11.3. The summed E-state index contributed by atoms with van der Waals surface area (Å²) < 4.78 is 9.66. The summed E-state index contributed by atoms with van der Waals surface area (Å²) in [5, 5.41) is 1.87. The number of fused-ring (bicyclic) bond motifs is 1. The summed E-state index contributed by atoms with van der Waals surface area (Å²) in [6.07, 6.45) is -0.222. The maximum atomic E-state index is 12.4. The van der Waals surface area contributed by atoms with Crippen LogP contribution in [0.25, 0.3) is 10.8 Å². The average Bonchev–Trinajstić information content (AvgIpc) is 2.74. The van der Waals surface area contributed by atoms with Gasteiger partial charge in [0.1, 0.15) is 0 Å². The van der Waals surface area contributed by atoms with Crippen LogP contribution in [0.2, 0.25) is 0 Å². The van der Waals surface area contributed by atoms with E-state index in [-0.39, 0.29) is 18.6 Å². The van der Waals surface area contributed by atoms with Crippen molar-refractivity contribution < 1.29 is 23.9 Å². The van der Waals surface area contributed by atoms with E-state index >= 15 is 0 Å². The van der Waals surface area contributed by atoms with Crippen LogP contribution in [0, 0.1) is 29.1 Å². The van der Waals surface area contributed by atoms with Gasteiger partial charge in [-0.2, -0.15) is 0 Å². The molecule has 0 saturated heterocycles. The first-order chi connectivity index (χ1) is 13.9. The zero-order chi connectivity index (χ0) is 21.4. The lowest BCUT2D eigenvalue weighted by Gasteiger charge is -2.23. The Balaban J connectivity index is 2.53. The van der Waals surface area contributed by atoms with Gasteiger partial charge in [-0.05, 0) is 36.8 Å². The standard InChI is InChI=1S/C24H22O5/c1-5-6-13-24(22(26)28-3,23(27)29-4)14-9-12-20-15-18-10-7-8-11-19(18)16-21(20)17(2)25/h7-8,10-11,15-16H,13-14H2,1-4H3. The van der Waals surface area contributed by atoms with E-state index in [9.17, 15) is 14.4 Å². The first-order valence-corrected chi connectivity index (χ1v) is 8.98. The Morgan fingerprint density at radius 1 is 0.931 bits per heavy atom. The molecule has 0 bridgehead atoms. The summed E-state index contributed by atoms with van der Waals surface area (Å²) in [5.74, 6) is 9.60. The molecular weight excluding hydrogens is 368 g/mol. The van der Waals surface area contributed by atoms with Gasteiger partial charge in [0.2, 0.25) is 0 Å². The highest BCUT2D eigenvalue weighted by Gasteiger charge is 2.47. The normalized spacial score (nSPS) is 10.2. The van der Waals surface area contributed by atoms with Crippen molar-refractivity contribution in [3.63, 3.8) is 0 Å². The predicted octanol–water partition coefficient (Wildman–Crippen LogP) is 3.53. The van der Waals surface area contributed by atoms with Crippen molar-refractivity contribution in [1.29, 1.82) is 0 Å². The second-order valence-electron chi connectivity index (χ2n) is 6.45. The molecule has 0 saturated carbocycles. The van der Waals surface area contributed by atoms with Gasteiger partial charge in [-0.3, -0.25) is 14.4 Å². The molecule has 0 spiro atoms. The Bertz CT molecular complexity index is 1060. The highest BCUT2D eigenvalue weighted by atomic mass is 16.5. The molecule has 0 amide bonds. The Labute approximate surface area is 170 Å². The van der Waals surface area contributed by atoms with E-state index in [1.165, 1.54) is 21.1 Å². The third kappa shape index (κ3) is 4.65. The SMILES string of the molecule is CC#CCC(CC#Cc1cc2ccccc2cc1C(C)=O)(C(=O)OC)C(=O)OC. The lowest BCUT2D eigenvalue weighted by Crippen LogP contribution is -2.40. The Kier molecular flexibility index (Phi) is 7.17. The van der Waals surface area contributed by atoms with Crippen LogP contribution >= 0.6 is 0 Å². The second-order valence-corrected chi connectivity index (χ2v) is 6.45. The van der Waals surface area contributed by atoms with Crippen LogP contribution in [0.3, 0.4) is 0 Å². The van der Waals surface area contributed by atoms with Gasteiger partial charge in [-0.1, -0.05) is 36.1 Å². The van der Waals surface area contributed by atoms with E-state index < -0.39 is 17.4 Å². The van der Waals surface area contributed by atoms with Crippen molar-refractivity contribution in [2.75, 3.05) is 14.2 Å². The smallest absolute Gasteiger partial charge is 0.325 e. The number of hydrogen-bond donors (Lipinski definition) is 0. The van der Waals surface area contributed by atoms with Crippen molar-refractivity contribution in [2.24, 2.45) is 5.41 Å². The first-order valence-electron chi connectivity index (χ1n) is 8.98. The fourth-order valence-electron chi connectivity index (χ4n) is 2.99. The number of esters is 2. The third-order valence-electron chi connectivity index (χ3n) is 4.60. The number of Topliss-reactive ketones (excluding diaryl/α,β-unsaturated/α-hetero) is 1. The van der Waals surface area contributed by atoms with E-state index in [1.54, 1.807) is 13.0 Å². The highest BCUT2D eigenvalue weighted by Crippen LogP contribution is 2.30. The number of ether oxygens (including phenoxy) is 2. The van der Waals surface area contributed by atoms with Crippen molar-refractivity contribution in [2.45, 2.75) is 26.7 Å². The lowest BCUT2D eigenvalue weighted by molar-refractivity contribution is -0.168. The van der Waals surface area contributed by atoms with E-state index in [2.05, 4.69) is 23.7 Å². The minimum absolute atomic E-state index is 0.0746. The molecule has 0 N–H and O–H groups in total. The zero-order valence-corrected chi connectivity index (χ0v) is 16.9. The van der Waals surface area contributed by atoms with Gasteiger partial charge in [0.15, 0.2) is 11.2 Å². The molecule has 5 heteroatoms. The molecule has 0 radical (unpaired) electrons. The van der Waals surface area contributed by atoms with Gasteiger partial charge in [-0.25, -0.2) is 0 Å². The van der Waals surface area contributed by atoms with Gasteiger partial charge < -0.3 is 9.47 Å². The van der Waals surface area contributed by atoms with E-state index in [1.807, 2.05) is 30.3 Å². The molecule has 0 unspecified atom stereocenters. The predicted molar refractivity (Wildman–Crippen MR) is 110 cm³/mol. The number of rotatable bonds is 5. The van der Waals surface area contributed by atoms with E-state index in [0.29, 0.717) is 11.1 Å². The molecule has 0 fully saturated rings. The molecular formula is C24H22O5. The van der Waals surface area contributed by atoms with Crippen molar-refractivity contribution in [1.82, 2.24) is 0 Å². The van der Waals surface area contributed by atoms with Crippen molar-refractivity contribution in [3.8, 4) is 23.7 Å². The zero-order valence-electron chi connectivity index (χ0n) is 16.9. The largest absolute Gasteiger partial charge is 0.468 e. The molecule has 148 valence electrons. The van der Waals surface area contributed by atoms with E-state index in [4.69, 9.17) is 9.47 Å². The number of carbonyl (C=O) groups is 3. The topological polar surface area (TPSA) is 69.7 Å². The van der Waals surface area contributed by atoms with Crippen molar-refractivity contribution in [3.05, 3.63) is 47.5 Å². The van der Waals surface area contributed by atoms with Gasteiger partial charge in [-0.15, -0.1) is 11.8 Å². The summed E-state index contributed by atoms with van der Waals surface area (Å²) in [5.41, 5.74) is -0.639. The minimum atomic E-state index is -1.65. The van der Waals surface area contributed by atoms with Gasteiger partial charge in [0.05, 0.1) is 14.2 Å². The summed E-state index contributed by atoms with van der Waals surface area (Å²) >= 11 is 0. The number of benzene rings is 2. The number of methoxy groups -OCH3 is 2. The number of hydrogen-bond acceptors (Lipinski definition) is 5. The summed E-state index contributed by atoms with van der Waals surface area (Å²) in [6.45, 7) is 3.08. The molecule has 0 heterocycles. The van der Waals surface area contributed by atoms with Gasteiger partial charge >= 0.3 is 11.9 Å². The summed E-state index contributed by atoms with van der Waals surface area (Å²) in [7, 11) is 2.40. The molecule has 0 aliphatic carbocycles. The summed E-state index contributed by atoms with van der Waals surface area (Å²) in [4.78, 5) is 36.9. The molecule has 29 heavy (non-hydrogen) atoms. The molecule has 0 atom stereocenters. The van der Waals surface area contributed by atoms with Gasteiger partial charge in [0.25, 0.3) is 0 Å². The molecule has 5 nitrogen and oxygen atoms in total. The molecule has 2 aromatic carbocycles. The fourth-order valence-corrected chi connectivity index (χ4v) is 2.99. The monoisotopic (exact) mass is 390 g/mol. The molecule has 2 rings (SSSR count). The Morgan fingerprint density at radius 2 is 1.48 bits per heavy atom. The molecule has 0 aliphatic rings. The van der Waals surface area contributed by atoms with Crippen LogP contribution in [-0.2, 0) is 19.1 Å². The van der Waals surface area contributed by atoms with Crippen LogP contribution in [-0.4, -0.2) is 31.9 Å². The first kappa shape index (κ1) is 21.7. The average molecular weight is 390 g/mol. The quantitative estimate of drug-likeness (QED) is 0.338. The van der Waals surface area contributed by atoms with E-state index in [0.717, 1.165) is 10.8 Å². The van der Waals surface area contributed by atoms with Crippen LogP contribution in [0.15, 0.2) is 36.4 Å². The van der Waals surface area contributed by atoms with Crippen molar-refractivity contribution >= 4 is 28.5 Å². The lowest BCUT2D eigenvalue weighted by atomic mass is 9.81. The Hall–Kier alpha value is -3.57. The van der Waals surface area contributed by atoms with Crippen LogP contribution < -0.4 is 0 Å². The fraction of sp³-hybridized carbons (Fsp3) is 0.292. The second kappa shape index (κ2) is 9.57. The van der Waals surface area contributed by atoms with Crippen LogP contribution in [0.1, 0.15) is 42.6 Å². The molecule has 2 aromatic rings. The highest BCUT2D eigenvalue weighted by molar-refractivity contribution is 6.02. The van der Waals surface area contributed by atoms with Gasteiger partial charge in [0, 0.05) is 24.0 Å². The van der Waals surface area contributed by atoms with Crippen LogP contribution in [0.5, 0.6) is 0 Å². The maximum Gasteiger partial charge on any atom is 0.325 e. The number of ketones is 1. The van der Waals surface area contributed by atoms with Crippen LogP contribution in [0.4, 0.5) is 0 Å². The molecule has 0 aromatic heterocycles. The molecule has 0 aliphatic heterocycles. The maximum absolute atomic E-state index is 12.4.